The van der Waals surface area contributed by atoms with Crippen LogP contribution in [0.1, 0.15) is 67.2 Å². The van der Waals surface area contributed by atoms with Crippen molar-refractivity contribution in [3.8, 4) is 0 Å². The minimum Gasteiger partial charge on any atom is -0.481 e. The predicted molar refractivity (Wildman–Crippen MR) is 124 cm³/mol. The Balaban J connectivity index is -0.000000499. The Morgan fingerprint density at radius 1 is 0.838 bits per heavy atom. The van der Waals surface area contributed by atoms with Crippen molar-refractivity contribution in [2.45, 2.75) is 67.2 Å². The van der Waals surface area contributed by atoms with Crippen LogP contribution >= 0.6 is 0 Å². The molecular formula is C23H34O14. The van der Waals surface area contributed by atoms with Gasteiger partial charge in [0.2, 0.25) is 0 Å². The van der Waals surface area contributed by atoms with Crippen molar-refractivity contribution in [2.24, 2.45) is 17.3 Å². The average molecular weight is 535 g/mol. The van der Waals surface area contributed by atoms with Crippen molar-refractivity contribution in [3.63, 3.8) is 0 Å². The van der Waals surface area contributed by atoms with Gasteiger partial charge in [-0.25, -0.2) is 9.59 Å². The number of rotatable bonds is 8. The molecule has 210 valence electrons. The van der Waals surface area contributed by atoms with Crippen molar-refractivity contribution >= 4 is 47.8 Å². The summed E-state index contributed by atoms with van der Waals surface area (Å²) < 4.78 is 8.37. The number of carbonyl (C=O) groups excluding carboxylic acids is 4. The maximum atomic E-state index is 11.4. The second-order valence-corrected chi connectivity index (χ2v) is 7.74. The van der Waals surface area contributed by atoms with Gasteiger partial charge in [-0.2, -0.15) is 0 Å². The molecule has 2 aliphatic rings. The van der Waals surface area contributed by atoms with Crippen LogP contribution in [0, 0.1) is 17.3 Å². The normalized spacial score (nSPS) is 18.6. The van der Waals surface area contributed by atoms with Crippen LogP contribution in [-0.2, 0) is 47.8 Å². The molecule has 0 saturated carbocycles. The number of aliphatic carboxylic acids is 4. The van der Waals surface area contributed by atoms with E-state index in [2.05, 4.69) is 9.47 Å². The van der Waals surface area contributed by atoms with Gasteiger partial charge in [0.05, 0.1) is 23.7 Å². The molecule has 0 aliphatic carbocycles. The summed E-state index contributed by atoms with van der Waals surface area (Å²) >= 11 is 0. The van der Waals surface area contributed by atoms with Crippen LogP contribution in [0.15, 0.2) is 12.2 Å². The summed E-state index contributed by atoms with van der Waals surface area (Å²) in [5.74, 6) is -8.34. The number of hydrogen-bond donors (Lipinski definition) is 4. The van der Waals surface area contributed by atoms with Gasteiger partial charge in [-0.05, 0) is 19.8 Å². The zero-order chi connectivity index (χ0) is 28.6. The summed E-state index contributed by atoms with van der Waals surface area (Å²) in [5.41, 5.74) is -1.60. The number of carboxylic acid groups (broad SMARTS) is 4. The first-order chi connectivity index (χ1) is 16.5. The smallest absolute Gasteiger partial charge is 0.338 e. The maximum absolute atomic E-state index is 11.4. The number of ether oxygens (including phenoxy) is 2. The molecule has 0 aromatic carbocycles. The average Bonchev–Trinajstić information content (AvgIpc) is 3.24. The summed E-state index contributed by atoms with van der Waals surface area (Å²) in [4.78, 5) is 83.2. The maximum Gasteiger partial charge on any atom is 0.338 e. The summed E-state index contributed by atoms with van der Waals surface area (Å²) in [5, 5.41) is 33.4. The van der Waals surface area contributed by atoms with Crippen molar-refractivity contribution in [1.29, 1.82) is 0 Å². The minimum absolute atomic E-state index is 0. The van der Waals surface area contributed by atoms with E-state index in [9.17, 15) is 38.4 Å². The number of esters is 4. The minimum atomic E-state index is -1.60. The van der Waals surface area contributed by atoms with E-state index in [0.717, 1.165) is 18.6 Å². The lowest BCUT2D eigenvalue weighted by Gasteiger charge is -2.25. The second kappa shape index (κ2) is 18.2. The van der Waals surface area contributed by atoms with Crippen molar-refractivity contribution < 1.29 is 68.3 Å². The first-order valence-electron chi connectivity index (χ1n) is 10.6. The van der Waals surface area contributed by atoms with Crippen LogP contribution in [0.5, 0.6) is 0 Å². The Morgan fingerprint density at radius 2 is 1.30 bits per heavy atom. The topological polar surface area (TPSA) is 236 Å². The van der Waals surface area contributed by atoms with Crippen LogP contribution in [0.4, 0.5) is 0 Å². The number of hydrogen-bond acceptors (Lipinski definition) is 10. The third kappa shape index (κ3) is 16.2. The second-order valence-electron chi connectivity index (χ2n) is 7.74. The molecule has 3 unspecified atom stereocenters. The number of carboxylic acids is 4. The Morgan fingerprint density at radius 3 is 1.49 bits per heavy atom. The van der Waals surface area contributed by atoms with Crippen molar-refractivity contribution in [3.05, 3.63) is 12.2 Å². The lowest BCUT2D eigenvalue weighted by Crippen LogP contribution is -2.35. The highest BCUT2D eigenvalue weighted by Gasteiger charge is 2.48. The monoisotopic (exact) mass is 534 g/mol. The highest BCUT2D eigenvalue weighted by molar-refractivity contribution is 6.04. The van der Waals surface area contributed by atoms with Gasteiger partial charge >= 0.3 is 47.8 Å². The molecule has 1 fully saturated rings. The molecule has 2 aliphatic heterocycles. The van der Waals surface area contributed by atoms with Crippen LogP contribution in [0.3, 0.4) is 0 Å². The molecule has 0 radical (unpaired) electrons. The summed E-state index contributed by atoms with van der Waals surface area (Å²) in [6.07, 6.45) is 2.56. The van der Waals surface area contributed by atoms with E-state index in [4.69, 9.17) is 20.4 Å². The zero-order valence-corrected chi connectivity index (χ0v) is 20.2. The molecular weight excluding hydrogens is 500 g/mol. The molecule has 2 heterocycles. The van der Waals surface area contributed by atoms with E-state index in [1.165, 1.54) is 13.8 Å². The largest absolute Gasteiger partial charge is 0.481 e. The molecule has 37 heavy (non-hydrogen) atoms. The Hall–Kier alpha value is -4.10. The molecule has 2 rings (SSSR count). The van der Waals surface area contributed by atoms with E-state index in [0.29, 0.717) is 6.42 Å². The zero-order valence-electron chi connectivity index (χ0n) is 20.2. The quantitative estimate of drug-likeness (QED) is 0.257. The van der Waals surface area contributed by atoms with Gasteiger partial charge in [-0.1, -0.05) is 28.2 Å². The summed E-state index contributed by atoms with van der Waals surface area (Å²) in [6, 6.07) is 0. The molecule has 4 N–H and O–H groups in total. The molecule has 14 nitrogen and oxygen atoms in total. The van der Waals surface area contributed by atoms with E-state index in [-0.39, 0.29) is 20.3 Å². The third-order valence-electron chi connectivity index (χ3n) is 4.53. The van der Waals surface area contributed by atoms with E-state index < -0.39 is 71.4 Å². The molecule has 0 bridgehead atoms. The molecule has 1 saturated heterocycles. The van der Waals surface area contributed by atoms with Gasteiger partial charge in [0.25, 0.3) is 0 Å². The molecule has 3 atom stereocenters. The molecule has 0 aromatic rings. The van der Waals surface area contributed by atoms with E-state index >= 15 is 0 Å². The van der Waals surface area contributed by atoms with Gasteiger partial charge in [0.1, 0.15) is 0 Å². The van der Waals surface area contributed by atoms with Crippen LogP contribution < -0.4 is 0 Å². The van der Waals surface area contributed by atoms with Gasteiger partial charge in [0, 0.05) is 25.0 Å². The van der Waals surface area contributed by atoms with Crippen molar-refractivity contribution in [1.82, 2.24) is 0 Å². The standard InChI is InChI=1S/C11H14O7.C4H2O3.C4H8O2.C3H6O2.CH4/c1-5-6(9(15)18-8(5)14)3-11(2,10(16)17)4-7(12)13;5-3-1-2-4(6)7-3;1-2-3-4(5)6;1-2-3(4)5;/h5-6H,3-4H2,1-2H3,(H,12,13)(H,16,17);1-2H;2-3H2,1H3,(H,5,6);2H2,1H3,(H,4,5);1H4. The SMILES string of the molecule is C.CC1C(=O)OC(=O)C1CC(C)(CC(=O)O)C(=O)O.CCC(=O)O.CCCC(=O)O.O=C1C=CC(=O)O1. The van der Waals surface area contributed by atoms with E-state index in [1.807, 2.05) is 6.92 Å². The first-order valence-corrected chi connectivity index (χ1v) is 10.6. The van der Waals surface area contributed by atoms with Crippen LogP contribution in [0.2, 0.25) is 0 Å². The molecule has 0 spiro atoms. The molecule has 0 aromatic heterocycles. The Labute approximate surface area is 213 Å². The predicted octanol–water partition coefficient (Wildman–Crippen LogP) is 1.89. The van der Waals surface area contributed by atoms with Gasteiger partial charge in [-0.15, -0.1) is 0 Å². The van der Waals surface area contributed by atoms with Gasteiger partial charge in [0.15, 0.2) is 0 Å². The molecule has 14 heteroatoms. The van der Waals surface area contributed by atoms with E-state index in [1.54, 1.807) is 6.92 Å². The fourth-order valence-corrected chi connectivity index (χ4v) is 2.47. The lowest BCUT2D eigenvalue weighted by atomic mass is 9.75. The van der Waals surface area contributed by atoms with Gasteiger partial charge in [-0.3, -0.25) is 28.8 Å². The number of cyclic esters (lactones) is 4. The highest BCUT2D eigenvalue weighted by atomic mass is 16.6. The molecule has 0 amide bonds. The Bertz CT molecular complexity index is 872. The summed E-state index contributed by atoms with van der Waals surface area (Å²) in [6.45, 7) is 6.14. The Kier molecular flexibility index (Phi) is 18.4. The fourth-order valence-electron chi connectivity index (χ4n) is 2.47. The lowest BCUT2D eigenvalue weighted by molar-refractivity contribution is -0.158. The van der Waals surface area contributed by atoms with Crippen LogP contribution in [0.25, 0.3) is 0 Å². The third-order valence-corrected chi connectivity index (χ3v) is 4.53. The summed E-state index contributed by atoms with van der Waals surface area (Å²) in [7, 11) is 0. The van der Waals surface area contributed by atoms with Crippen LogP contribution in [-0.4, -0.2) is 68.2 Å². The fraction of sp³-hybridized carbons (Fsp3) is 0.565. The first kappa shape index (κ1) is 37.4. The van der Waals surface area contributed by atoms with Crippen molar-refractivity contribution in [2.75, 3.05) is 0 Å². The highest BCUT2D eigenvalue weighted by Crippen LogP contribution is 2.37. The van der Waals surface area contributed by atoms with Gasteiger partial charge < -0.3 is 29.9 Å². The number of carbonyl (C=O) groups is 8.